The third-order valence-corrected chi connectivity index (χ3v) is 5.28. The van der Waals surface area contributed by atoms with Crippen LogP contribution in [0, 0.1) is 5.82 Å². The van der Waals surface area contributed by atoms with E-state index in [4.69, 9.17) is 10.5 Å². The number of carbonyl (C=O) groups is 2. The van der Waals surface area contributed by atoms with Crippen molar-refractivity contribution in [3.63, 3.8) is 0 Å². The van der Waals surface area contributed by atoms with E-state index in [9.17, 15) is 14.0 Å². The average molecular weight is 348 g/mol. The molecular weight excluding hydrogens is 323 g/mol. The fourth-order valence-corrected chi connectivity index (χ4v) is 4.47. The lowest BCUT2D eigenvalue weighted by molar-refractivity contribution is -0.139. The first-order valence-corrected chi connectivity index (χ1v) is 8.73. The van der Waals surface area contributed by atoms with Crippen LogP contribution in [0.1, 0.15) is 45.1 Å². The first-order valence-electron chi connectivity index (χ1n) is 8.73. The van der Waals surface area contributed by atoms with E-state index in [1.54, 1.807) is 12.1 Å². The van der Waals surface area contributed by atoms with Crippen LogP contribution < -0.4 is 5.73 Å². The second-order valence-corrected chi connectivity index (χ2v) is 7.77. The van der Waals surface area contributed by atoms with Crippen LogP contribution in [0.25, 0.3) is 0 Å². The molecule has 6 heteroatoms. The molecule has 2 amide bonds. The monoisotopic (exact) mass is 348 g/mol. The zero-order valence-electron chi connectivity index (χ0n) is 14.8. The van der Waals surface area contributed by atoms with Crippen molar-refractivity contribution in [2.45, 2.75) is 63.2 Å². The van der Waals surface area contributed by atoms with Crippen LogP contribution in [0.3, 0.4) is 0 Å². The van der Waals surface area contributed by atoms with E-state index in [0.717, 1.165) is 18.4 Å². The van der Waals surface area contributed by atoms with Crippen molar-refractivity contribution in [1.29, 1.82) is 0 Å². The SMILES string of the molecule is CC1(C)C[C@]2(CCCN2C(=O)Cc2ccc(F)cc2)[C@H](CC(N)=O)O1. The van der Waals surface area contributed by atoms with Crippen molar-refractivity contribution in [3.05, 3.63) is 35.6 Å². The second-order valence-electron chi connectivity index (χ2n) is 7.77. The van der Waals surface area contributed by atoms with Crippen LogP contribution in [-0.4, -0.2) is 40.5 Å². The minimum absolute atomic E-state index is 0.0140. The molecule has 1 aromatic carbocycles. The van der Waals surface area contributed by atoms with Crippen molar-refractivity contribution in [2.24, 2.45) is 5.73 Å². The topological polar surface area (TPSA) is 72.6 Å². The number of rotatable bonds is 4. The quantitative estimate of drug-likeness (QED) is 0.906. The van der Waals surface area contributed by atoms with Gasteiger partial charge in [-0.25, -0.2) is 4.39 Å². The standard InChI is InChI=1S/C19H25FN2O3/c1-18(2)12-19(15(25-18)11-16(21)23)8-3-9-22(19)17(24)10-13-4-6-14(20)7-5-13/h4-7,15H,3,8-12H2,1-2H3,(H2,21,23)/t15-,19+/m0/s1. The molecule has 2 N–H and O–H groups in total. The normalized spacial score (nSPS) is 27.8. The molecule has 2 fully saturated rings. The number of halogens is 1. The molecule has 25 heavy (non-hydrogen) atoms. The van der Waals surface area contributed by atoms with E-state index in [-0.39, 0.29) is 30.7 Å². The number of nitrogens with zero attached hydrogens (tertiary/aromatic N) is 1. The number of benzene rings is 1. The molecular formula is C19H25FN2O3. The lowest BCUT2D eigenvalue weighted by atomic mass is 9.82. The van der Waals surface area contributed by atoms with Crippen molar-refractivity contribution in [3.8, 4) is 0 Å². The second kappa shape index (κ2) is 6.41. The third-order valence-electron chi connectivity index (χ3n) is 5.28. The lowest BCUT2D eigenvalue weighted by Gasteiger charge is -2.38. The number of carbonyl (C=O) groups excluding carboxylic acids is 2. The van der Waals surface area contributed by atoms with Crippen molar-refractivity contribution in [2.75, 3.05) is 6.54 Å². The molecule has 3 rings (SSSR count). The summed E-state index contributed by atoms with van der Waals surface area (Å²) < 4.78 is 19.2. The summed E-state index contributed by atoms with van der Waals surface area (Å²) in [5, 5.41) is 0. The Labute approximate surface area is 147 Å². The Bertz CT molecular complexity index is 674. The molecule has 2 aliphatic heterocycles. The first-order chi connectivity index (χ1) is 11.7. The minimum atomic E-state index is -0.477. The zero-order chi connectivity index (χ0) is 18.2. The summed E-state index contributed by atoms with van der Waals surface area (Å²) in [5.74, 6) is -0.749. The summed E-state index contributed by atoms with van der Waals surface area (Å²) in [6.45, 7) is 4.61. The van der Waals surface area contributed by atoms with E-state index in [0.29, 0.717) is 13.0 Å². The summed E-state index contributed by atoms with van der Waals surface area (Å²) in [4.78, 5) is 26.3. The maximum Gasteiger partial charge on any atom is 0.227 e. The van der Waals surface area contributed by atoms with Crippen LogP contribution in [0.2, 0.25) is 0 Å². The molecule has 2 saturated heterocycles. The van der Waals surface area contributed by atoms with Crippen molar-refractivity contribution in [1.82, 2.24) is 4.90 Å². The molecule has 2 aliphatic rings. The highest BCUT2D eigenvalue weighted by molar-refractivity contribution is 5.80. The summed E-state index contributed by atoms with van der Waals surface area (Å²) in [6.07, 6.45) is 2.33. The Morgan fingerprint density at radius 1 is 1.32 bits per heavy atom. The largest absolute Gasteiger partial charge is 0.370 e. The van der Waals surface area contributed by atoms with E-state index < -0.39 is 17.0 Å². The van der Waals surface area contributed by atoms with Gasteiger partial charge in [0, 0.05) is 13.0 Å². The average Bonchev–Trinajstić information content (AvgIpc) is 3.02. The molecule has 0 bridgehead atoms. The van der Waals surface area contributed by atoms with E-state index in [1.807, 2.05) is 18.7 Å². The highest BCUT2D eigenvalue weighted by Gasteiger charge is 2.58. The maximum absolute atomic E-state index is 13.1. The smallest absolute Gasteiger partial charge is 0.227 e. The number of likely N-dealkylation sites (tertiary alicyclic amines) is 1. The number of hydrogen-bond donors (Lipinski definition) is 1. The van der Waals surface area contributed by atoms with Gasteiger partial charge >= 0.3 is 0 Å². The highest BCUT2D eigenvalue weighted by Crippen LogP contribution is 2.48. The van der Waals surface area contributed by atoms with Gasteiger partial charge in [0.1, 0.15) is 5.82 Å². The molecule has 136 valence electrons. The van der Waals surface area contributed by atoms with Crippen LogP contribution >= 0.6 is 0 Å². The molecule has 2 heterocycles. The summed E-state index contributed by atoms with van der Waals surface area (Å²) in [7, 11) is 0. The van der Waals surface area contributed by atoms with Gasteiger partial charge in [-0.05, 0) is 44.4 Å². The van der Waals surface area contributed by atoms with Gasteiger partial charge in [0.05, 0.1) is 30.1 Å². The fraction of sp³-hybridized carbons (Fsp3) is 0.579. The maximum atomic E-state index is 13.1. The lowest BCUT2D eigenvalue weighted by Crippen LogP contribution is -2.54. The van der Waals surface area contributed by atoms with Crippen LogP contribution in [0.5, 0.6) is 0 Å². The Kier molecular flexibility index (Phi) is 4.58. The van der Waals surface area contributed by atoms with Gasteiger partial charge in [0.15, 0.2) is 0 Å². The number of ether oxygens (including phenoxy) is 1. The first kappa shape index (κ1) is 17.9. The van der Waals surface area contributed by atoms with E-state index in [1.165, 1.54) is 12.1 Å². The van der Waals surface area contributed by atoms with E-state index >= 15 is 0 Å². The summed E-state index contributed by atoms with van der Waals surface area (Å²) in [5.41, 5.74) is 5.31. The summed E-state index contributed by atoms with van der Waals surface area (Å²) >= 11 is 0. The fourth-order valence-electron chi connectivity index (χ4n) is 4.47. The molecule has 0 aliphatic carbocycles. The molecule has 2 atom stereocenters. The van der Waals surface area contributed by atoms with Crippen molar-refractivity contribution < 1.29 is 18.7 Å². The number of nitrogens with two attached hydrogens (primary N) is 1. The summed E-state index contributed by atoms with van der Waals surface area (Å²) in [6, 6.07) is 5.98. The van der Waals surface area contributed by atoms with Crippen LogP contribution in [0.4, 0.5) is 4.39 Å². The zero-order valence-corrected chi connectivity index (χ0v) is 14.8. The molecule has 0 saturated carbocycles. The van der Waals surface area contributed by atoms with Gasteiger partial charge in [0.25, 0.3) is 0 Å². The third kappa shape index (κ3) is 3.54. The van der Waals surface area contributed by atoms with Gasteiger partial charge in [0.2, 0.25) is 11.8 Å². The Morgan fingerprint density at radius 2 is 2.00 bits per heavy atom. The van der Waals surface area contributed by atoms with Gasteiger partial charge in [-0.15, -0.1) is 0 Å². The van der Waals surface area contributed by atoms with E-state index in [2.05, 4.69) is 0 Å². The molecule has 0 radical (unpaired) electrons. The number of primary amides is 1. The Balaban J connectivity index is 1.83. The van der Waals surface area contributed by atoms with Gasteiger partial charge in [-0.2, -0.15) is 0 Å². The molecule has 5 nitrogen and oxygen atoms in total. The molecule has 1 spiro atoms. The van der Waals surface area contributed by atoms with Crippen molar-refractivity contribution >= 4 is 11.8 Å². The number of hydrogen-bond acceptors (Lipinski definition) is 3. The minimum Gasteiger partial charge on any atom is -0.370 e. The van der Waals surface area contributed by atoms with Gasteiger partial charge in [-0.3, -0.25) is 9.59 Å². The molecule has 1 aromatic rings. The van der Waals surface area contributed by atoms with Crippen LogP contribution in [-0.2, 0) is 20.7 Å². The van der Waals surface area contributed by atoms with Gasteiger partial charge in [-0.1, -0.05) is 12.1 Å². The van der Waals surface area contributed by atoms with Crippen LogP contribution in [0.15, 0.2) is 24.3 Å². The molecule has 0 aromatic heterocycles. The predicted octanol–water partition coefficient (Wildman–Crippen LogP) is 2.17. The Morgan fingerprint density at radius 3 is 2.64 bits per heavy atom. The van der Waals surface area contributed by atoms with Gasteiger partial charge < -0.3 is 15.4 Å². The highest BCUT2D eigenvalue weighted by atomic mass is 19.1. The Hall–Kier alpha value is -1.95. The predicted molar refractivity (Wildman–Crippen MR) is 91.2 cm³/mol. The number of amides is 2. The molecule has 0 unspecified atom stereocenters.